The molecule has 0 spiro atoms. The minimum Gasteiger partial charge on any atom is -0.512 e. The monoisotopic (exact) mass is 2220 g/mol. The van der Waals surface area contributed by atoms with Crippen LogP contribution in [0.1, 0.15) is 115 Å². The number of carbonyl (C=O) groups excluding carboxylic acids is 2. The van der Waals surface area contributed by atoms with Gasteiger partial charge in [-0.25, -0.2) is 0 Å². The summed E-state index contributed by atoms with van der Waals surface area (Å²) in [5.74, 6) is -0.125. The third-order valence-electron chi connectivity index (χ3n) is 26.7. The van der Waals surface area contributed by atoms with Gasteiger partial charge in [-0.1, -0.05) is 330 Å². The molecule has 3 aromatic heterocycles. The van der Waals surface area contributed by atoms with Gasteiger partial charge in [-0.2, -0.15) is 0 Å². The summed E-state index contributed by atoms with van der Waals surface area (Å²) in [4.78, 5) is 34.9. The Bertz CT molecular complexity index is 7930. The molecule has 7 nitrogen and oxygen atoms in total. The number of rotatable bonds is 7. The van der Waals surface area contributed by atoms with Crippen molar-refractivity contribution in [1.82, 2.24) is 15.0 Å². The minimum absolute atomic E-state index is 0. The molecule has 0 bridgehead atoms. The van der Waals surface area contributed by atoms with Crippen LogP contribution in [0.2, 0.25) is 0 Å². The quantitative estimate of drug-likeness (QED) is 0.0707. The second kappa shape index (κ2) is 35.7. The molecule has 0 amide bonds. The maximum atomic E-state index is 10.0. The number of pyridine rings is 3. The Hall–Kier alpha value is -13.1. The molecule has 0 aliphatic heterocycles. The van der Waals surface area contributed by atoms with Crippen LogP contribution in [-0.2, 0) is 86.2 Å². The molecule has 0 unspecified atom stereocenters. The summed E-state index contributed by atoms with van der Waals surface area (Å²) in [6, 6.07) is 130. The number of allylic oxidation sites excluding steroid dienone is 4. The largest absolute Gasteiger partial charge is 0.512 e. The van der Waals surface area contributed by atoms with Crippen molar-refractivity contribution in [3.05, 3.63) is 403 Å². The molecular weight excluding hydrogens is 2120 g/mol. The average molecular weight is 2220 g/mol. The van der Waals surface area contributed by atoms with E-state index >= 15 is 0 Å². The van der Waals surface area contributed by atoms with Crippen molar-refractivity contribution in [2.75, 3.05) is 0 Å². The summed E-state index contributed by atoms with van der Waals surface area (Å²) in [5.41, 5.74) is 25.1. The molecule has 18 aromatic carbocycles. The topological polar surface area (TPSA) is 113 Å². The van der Waals surface area contributed by atoms with Crippen LogP contribution in [0, 0.1) is 18.2 Å². The second-order valence-electron chi connectivity index (χ2n) is 35.1. The first-order chi connectivity index (χ1) is 61.7. The molecule has 3 radical (unpaired) electrons. The molecule has 641 valence electrons. The van der Waals surface area contributed by atoms with E-state index in [4.69, 9.17) is 25.2 Å². The Morgan fingerprint density at radius 2 is 0.492 bits per heavy atom. The zero-order chi connectivity index (χ0) is 87.3. The molecule has 3 aliphatic carbocycles. The molecular formula is C120H92Ir3N3O4-3. The summed E-state index contributed by atoms with van der Waals surface area (Å²) < 4.78 is 0. The number of hydrogen-bond donors (Lipinski definition) is 2. The maximum absolute atomic E-state index is 10.0. The van der Waals surface area contributed by atoms with Gasteiger partial charge in [-0.05, 0) is 235 Å². The number of fused-ring (bicyclic) bond motifs is 30. The van der Waals surface area contributed by atoms with Crippen LogP contribution in [0.4, 0.5) is 0 Å². The predicted octanol–water partition coefficient (Wildman–Crippen LogP) is 31.3. The zero-order valence-corrected chi connectivity index (χ0v) is 81.0. The van der Waals surface area contributed by atoms with E-state index in [0.717, 1.165) is 79.3 Å². The first kappa shape index (κ1) is 88.9. The van der Waals surface area contributed by atoms with Crippen LogP contribution < -0.4 is 0 Å². The van der Waals surface area contributed by atoms with Gasteiger partial charge < -0.3 is 10.2 Å². The smallest absolute Gasteiger partial charge is 0.155 e. The number of hydrogen-bond acceptors (Lipinski definition) is 7. The SMILES string of the molecule is CC(=O)C=C(C)O.CC(=O)C=C(C)O.CC1(C)c2cc(-c3ccc4ccccc4n3)[c-]cc2-c2cc3c4ccccc4c4ccccc4c3cc21.CC1(C)c2cc(-c3ccc4ccccc4n3)[c-]cc2-c2cc3c4ccccc4c4ccccc4c3cc21.CCC1(CC)c2cc(-c3ccc4ccccc4n3)[c-]cc2-c2cc3c4ccccc4c4ccccc4c3cc21.[Ir].[Ir].[Ir]. The first-order valence-electron chi connectivity index (χ1n) is 43.8. The third kappa shape index (κ3) is 15.5. The van der Waals surface area contributed by atoms with Gasteiger partial charge in [0.1, 0.15) is 0 Å². The molecule has 21 aromatic rings. The van der Waals surface area contributed by atoms with Crippen molar-refractivity contribution in [3.63, 3.8) is 0 Å². The van der Waals surface area contributed by atoms with Gasteiger partial charge in [0.25, 0.3) is 0 Å². The predicted molar refractivity (Wildman–Crippen MR) is 532 cm³/mol. The van der Waals surface area contributed by atoms with Gasteiger partial charge in [0.05, 0.1) is 28.1 Å². The van der Waals surface area contributed by atoms with E-state index in [1.807, 2.05) is 12.1 Å². The Morgan fingerprint density at radius 3 is 0.754 bits per heavy atom. The van der Waals surface area contributed by atoms with E-state index < -0.39 is 0 Å². The molecule has 10 heteroatoms. The molecule has 2 N–H and O–H groups in total. The molecule has 0 saturated heterocycles. The second-order valence-corrected chi connectivity index (χ2v) is 35.1. The van der Waals surface area contributed by atoms with Crippen molar-refractivity contribution >= 4 is 141 Å². The average Bonchev–Trinajstić information content (AvgIpc) is 1.59. The van der Waals surface area contributed by atoms with Gasteiger partial charge in [0.15, 0.2) is 11.6 Å². The minimum atomic E-state index is -0.125. The number of aromatic nitrogens is 3. The Morgan fingerprint density at radius 1 is 0.277 bits per heavy atom. The molecule has 0 saturated carbocycles. The molecule has 0 atom stereocenters. The van der Waals surface area contributed by atoms with Crippen LogP contribution in [0.15, 0.2) is 351 Å². The number of ketones is 2. The van der Waals surface area contributed by atoms with Crippen molar-refractivity contribution < 1.29 is 80.1 Å². The van der Waals surface area contributed by atoms with Gasteiger partial charge in [0, 0.05) is 77.9 Å². The molecule has 3 heterocycles. The standard InChI is InChI=1S/C38H28N.2C36H24N.2C5H8O2.3Ir/c1-3-38(4-2)34-21-25(37-20-18-24-11-5-10-16-36(24)39-37)17-19-30(34)33-22-31-28-14-8-6-12-26(28)27-13-7-9-15-29(27)32(31)23-35(33)38;2*1-36(2)32-19-23(35-18-16-22-9-3-8-14-34(22)37-35)15-17-28(32)31-20-29-26-12-6-4-10-24(26)25-11-5-7-13-27(25)30(29)21-33(31)36;2*1-4(6)3-5(2)7;;;/h5-16,18-23H,3-4H2,1-2H3;2*3-14,16-21H,1-2H3;2*3,6H,1-2H3;;;/q3*-1;;;;;. The van der Waals surface area contributed by atoms with Crippen molar-refractivity contribution in [1.29, 1.82) is 0 Å². The Labute approximate surface area is 797 Å². The number of nitrogens with zero attached hydrogens (tertiary/aromatic N) is 3. The first-order valence-corrected chi connectivity index (χ1v) is 43.8. The van der Waals surface area contributed by atoms with Crippen LogP contribution in [0.25, 0.3) is 197 Å². The van der Waals surface area contributed by atoms with E-state index in [-0.39, 0.29) is 99.6 Å². The number of aliphatic hydroxyl groups is 2. The Balaban J connectivity index is 0.000000126. The van der Waals surface area contributed by atoms with Crippen molar-refractivity contribution in [2.24, 2.45) is 0 Å². The summed E-state index contributed by atoms with van der Waals surface area (Å²) in [5, 5.41) is 44.0. The Kier molecular flexibility index (Phi) is 24.4. The third-order valence-corrected chi connectivity index (χ3v) is 26.7. The maximum Gasteiger partial charge on any atom is 0.155 e. The molecule has 130 heavy (non-hydrogen) atoms. The molecule has 0 fully saturated rings. The number of carbonyl (C=O) groups is 2. The van der Waals surface area contributed by atoms with Gasteiger partial charge >= 0.3 is 0 Å². The summed E-state index contributed by atoms with van der Waals surface area (Å²) in [6.45, 7) is 19.8. The van der Waals surface area contributed by atoms with E-state index in [1.165, 1.54) is 204 Å². The van der Waals surface area contributed by atoms with E-state index in [2.05, 4.69) is 375 Å². The molecule has 24 rings (SSSR count). The fourth-order valence-corrected chi connectivity index (χ4v) is 20.7. The van der Waals surface area contributed by atoms with Gasteiger partial charge in [-0.3, -0.25) is 24.5 Å². The van der Waals surface area contributed by atoms with E-state index in [0.29, 0.717) is 0 Å². The van der Waals surface area contributed by atoms with Crippen molar-refractivity contribution in [2.45, 2.75) is 98.3 Å². The fourth-order valence-electron chi connectivity index (χ4n) is 20.7. The van der Waals surface area contributed by atoms with Crippen LogP contribution in [-0.4, -0.2) is 36.7 Å². The van der Waals surface area contributed by atoms with E-state index in [9.17, 15) is 9.59 Å². The van der Waals surface area contributed by atoms with Crippen LogP contribution >= 0.6 is 0 Å². The van der Waals surface area contributed by atoms with E-state index in [1.54, 1.807) is 0 Å². The summed E-state index contributed by atoms with van der Waals surface area (Å²) in [7, 11) is 0. The number of aliphatic hydroxyl groups excluding tert-OH is 2. The number of para-hydroxylation sites is 3. The van der Waals surface area contributed by atoms with Crippen LogP contribution in [0.5, 0.6) is 0 Å². The van der Waals surface area contributed by atoms with Gasteiger partial charge in [0.2, 0.25) is 0 Å². The van der Waals surface area contributed by atoms with Crippen LogP contribution in [0.3, 0.4) is 0 Å². The summed E-state index contributed by atoms with van der Waals surface area (Å²) >= 11 is 0. The van der Waals surface area contributed by atoms with Crippen molar-refractivity contribution in [3.8, 4) is 67.2 Å². The fraction of sp³-hybridized carbons (Fsp3) is 0.125. The van der Waals surface area contributed by atoms with Gasteiger partial charge in [-0.15, -0.1) is 88.0 Å². The zero-order valence-electron chi connectivity index (χ0n) is 73.8. The normalized spacial score (nSPS) is 13.3. The number of benzene rings is 18. The summed E-state index contributed by atoms with van der Waals surface area (Å²) in [6.07, 6.45) is 4.43. The molecule has 3 aliphatic rings.